The third-order valence-corrected chi connectivity index (χ3v) is 4.46. The number of benzene rings is 2. The molecule has 106 valence electrons. The van der Waals surface area contributed by atoms with E-state index in [1.54, 1.807) is 0 Å². The highest BCUT2D eigenvalue weighted by Gasteiger charge is 2.16. The number of nitrogen functional groups attached to an aromatic ring is 1. The molecule has 2 aromatic rings. The summed E-state index contributed by atoms with van der Waals surface area (Å²) in [4.78, 5) is -0.0557. The molecular formula is C12H9Cl2FN2O2S. The number of nitrogens with two attached hydrogens (primary N) is 1. The molecule has 2 aromatic carbocycles. The topological polar surface area (TPSA) is 72.2 Å². The monoisotopic (exact) mass is 334 g/mol. The zero-order valence-corrected chi connectivity index (χ0v) is 12.2. The summed E-state index contributed by atoms with van der Waals surface area (Å²) in [5, 5.41) is 0.0783. The van der Waals surface area contributed by atoms with Gasteiger partial charge in [0.15, 0.2) is 0 Å². The molecule has 0 aliphatic rings. The second kappa shape index (κ2) is 5.47. The van der Waals surface area contributed by atoms with Crippen LogP contribution in [0.1, 0.15) is 0 Å². The van der Waals surface area contributed by atoms with Gasteiger partial charge < -0.3 is 5.73 Å². The quantitative estimate of drug-likeness (QED) is 0.843. The predicted molar refractivity (Wildman–Crippen MR) is 78.1 cm³/mol. The number of hydrogen-bond donors (Lipinski definition) is 2. The molecule has 4 nitrogen and oxygen atoms in total. The lowest BCUT2D eigenvalue weighted by Gasteiger charge is -2.09. The third-order valence-electron chi connectivity index (χ3n) is 2.45. The highest BCUT2D eigenvalue weighted by Crippen LogP contribution is 2.25. The van der Waals surface area contributed by atoms with E-state index in [1.165, 1.54) is 30.3 Å². The lowest BCUT2D eigenvalue weighted by Crippen LogP contribution is -2.13. The van der Waals surface area contributed by atoms with Crippen LogP contribution in [-0.4, -0.2) is 8.42 Å². The average Bonchev–Trinajstić information content (AvgIpc) is 2.37. The van der Waals surface area contributed by atoms with Gasteiger partial charge in [0.05, 0.1) is 26.3 Å². The van der Waals surface area contributed by atoms with Crippen molar-refractivity contribution in [3.05, 3.63) is 52.3 Å². The van der Waals surface area contributed by atoms with Gasteiger partial charge in [-0.2, -0.15) is 0 Å². The minimum atomic E-state index is -3.85. The van der Waals surface area contributed by atoms with Gasteiger partial charge >= 0.3 is 0 Å². The van der Waals surface area contributed by atoms with Crippen LogP contribution in [0.5, 0.6) is 0 Å². The highest BCUT2D eigenvalue weighted by atomic mass is 35.5. The molecule has 0 unspecified atom stereocenters. The maximum absolute atomic E-state index is 13.0. The number of halogens is 3. The molecule has 8 heteroatoms. The van der Waals surface area contributed by atoms with E-state index in [0.29, 0.717) is 0 Å². The zero-order chi connectivity index (χ0) is 14.9. The number of anilines is 2. The molecule has 0 aromatic heterocycles. The Morgan fingerprint density at radius 1 is 1.05 bits per heavy atom. The van der Waals surface area contributed by atoms with Crippen LogP contribution in [0.2, 0.25) is 10.0 Å². The SMILES string of the molecule is Nc1cc(S(=O)(=O)Nc2ccc(F)c(Cl)c2)ccc1Cl. The van der Waals surface area contributed by atoms with E-state index in [4.69, 9.17) is 28.9 Å². The van der Waals surface area contributed by atoms with Crippen molar-refractivity contribution in [2.75, 3.05) is 10.5 Å². The van der Waals surface area contributed by atoms with Crippen LogP contribution in [0.3, 0.4) is 0 Å². The van der Waals surface area contributed by atoms with Gasteiger partial charge in [-0.15, -0.1) is 0 Å². The second-order valence-corrected chi connectivity index (χ2v) is 6.41. The van der Waals surface area contributed by atoms with E-state index in [9.17, 15) is 12.8 Å². The molecule has 0 spiro atoms. The van der Waals surface area contributed by atoms with E-state index in [1.807, 2.05) is 0 Å². The average molecular weight is 335 g/mol. The lowest BCUT2D eigenvalue weighted by molar-refractivity contribution is 0.601. The smallest absolute Gasteiger partial charge is 0.261 e. The molecule has 20 heavy (non-hydrogen) atoms. The van der Waals surface area contributed by atoms with Gasteiger partial charge in [0.1, 0.15) is 5.82 Å². The Morgan fingerprint density at radius 2 is 1.75 bits per heavy atom. The largest absolute Gasteiger partial charge is 0.397 e. The Bertz CT molecular complexity index is 766. The molecule has 0 saturated heterocycles. The van der Waals surface area contributed by atoms with Gasteiger partial charge in [0.25, 0.3) is 10.0 Å². The minimum Gasteiger partial charge on any atom is -0.397 e. The van der Waals surface area contributed by atoms with Crippen molar-refractivity contribution in [2.24, 2.45) is 0 Å². The first kappa shape index (κ1) is 14.9. The molecule has 0 aliphatic heterocycles. The van der Waals surface area contributed by atoms with Gasteiger partial charge in [0.2, 0.25) is 0 Å². The molecule has 0 heterocycles. The maximum atomic E-state index is 13.0. The molecule has 0 amide bonds. The van der Waals surface area contributed by atoms with Gasteiger partial charge in [0, 0.05) is 0 Å². The van der Waals surface area contributed by atoms with E-state index >= 15 is 0 Å². The number of sulfonamides is 1. The summed E-state index contributed by atoms with van der Waals surface area (Å²) in [6, 6.07) is 7.42. The number of hydrogen-bond acceptors (Lipinski definition) is 3. The highest BCUT2D eigenvalue weighted by molar-refractivity contribution is 7.92. The Kier molecular flexibility index (Phi) is 4.08. The second-order valence-electron chi connectivity index (χ2n) is 3.92. The summed E-state index contributed by atoms with van der Waals surface area (Å²) in [6.07, 6.45) is 0. The van der Waals surface area contributed by atoms with Crippen LogP contribution in [0.4, 0.5) is 15.8 Å². The predicted octanol–water partition coefficient (Wildman–Crippen LogP) is 3.52. The summed E-state index contributed by atoms with van der Waals surface area (Å²) in [6.45, 7) is 0. The van der Waals surface area contributed by atoms with Crippen molar-refractivity contribution in [2.45, 2.75) is 4.90 Å². The standard InChI is InChI=1S/C12H9Cl2FN2O2S/c13-9-3-2-8(6-12(9)16)20(18,19)17-7-1-4-11(15)10(14)5-7/h1-6,17H,16H2. The number of rotatable bonds is 3. The Hall–Kier alpha value is -1.50. The summed E-state index contributed by atoms with van der Waals surface area (Å²) in [5.41, 5.74) is 5.85. The maximum Gasteiger partial charge on any atom is 0.261 e. The molecule has 3 N–H and O–H groups in total. The summed E-state index contributed by atoms with van der Waals surface area (Å²) >= 11 is 11.3. The first-order chi connectivity index (χ1) is 9.29. The minimum absolute atomic E-state index is 0.0557. The summed E-state index contributed by atoms with van der Waals surface area (Å²) < 4.78 is 39.5. The van der Waals surface area contributed by atoms with Crippen molar-refractivity contribution in [3.8, 4) is 0 Å². The van der Waals surface area contributed by atoms with Crippen molar-refractivity contribution in [1.82, 2.24) is 0 Å². The first-order valence-electron chi connectivity index (χ1n) is 5.32. The first-order valence-corrected chi connectivity index (χ1v) is 7.56. The molecule has 0 bridgehead atoms. The number of nitrogens with one attached hydrogen (secondary N) is 1. The Morgan fingerprint density at radius 3 is 2.35 bits per heavy atom. The van der Waals surface area contributed by atoms with E-state index in [-0.39, 0.29) is 26.3 Å². The van der Waals surface area contributed by atoms with Crippen molar-refractivity contribution in [1.29, 1.82) is 0 Å². The third kappa shape index (κ3) is 3.15. The van der Waals surface area contributed by atoms with Gasteiger partial charge in [-0.1, -0.05) is 23.2 Å². The molecule has 0 fully saturated rings. The summed E-state index contributed by atoms with van der Waals surface area (Å²) in [5.74, 6) is -0.634. The van der Waals surface area contributed by atoms with Crippen LogP contribution in [0.15, 0.2) is 41.3 Å². The van der Waals surface area contributed by atoms with Crippen LogP contribution < -0.4 is 10.5 Å². The summed E-state index contributed by atoms with van der Waals surface area (Å²) in [7, 11) is -3.85. The Labute approximate surface area is 125 Å². The normalized spacial score (nSPS) is 11.3. The fraction of sp³-hybridized carbons (Fsp3) is 0. The molecular weight excluding hydrogens is 326 g/mol. The fourth-order valence-electron chi connectivity index (χ4n) is 1.46. The van der Waals surface area contributed by atoms with Crippen molar-refractivity contribution in [3.63, 3.8) is 0 Å². The van der Waals surface area contributed by atoms with E-state index in [0.717, 1.165) is 6.07 Å². The van der Waals surface area contributed by atoms with Crippen LogP contribution >= 0.6 is 23.2 Å². The molecule has 0 aliphatic carbocycles. The van der Waals surface area contributed by atoms with E-state index in [2.05, 4.69) is 4.72 Å². The van der Waals surface area contributed by atoms with Crippen LogP contribution in [0, 0.1) is 5.82 Å². The van der Waals surface area contributed by atoms with Crippen molar-refractivity contribution >= 4 is 44.6 Å². The van der Waals surface area contributed by atoms with Gasteiger partial charge in [-0.25, -0.2) is 12.8 Å². The van der Waals surface area contributed by atoms with E-state index < -0.39 is 15.8 Å². The molecule has 0 saturated carbocycles. The lowest BCUT2D eigenvalue weighted by atomic mass is 10.3. The van der Waals surface area contributed by atoms with Crippen molar-refractivity contribution < 1.29 is 12.8 Å². The molecule has 2 rings (SSSR count). The molecule has 0 radical (unpaired) electrons. The van der Waals surface area contributed by atoms with Crippen LogP contribution in [-0.2, 0) is 10.0 Å². The molecule has 0 atom stereocenters. The van der Waals surface area contributed by atoms with Gasteiger partial charge in [-0.3, -0.25) is 4.72 Å². The van der Waals surface area contributed by atoms with Crippen LogP contribution in [0.25, 0.3) is 0 Å². The Balaban J connectivity index is 2.35. The zero-order valence-electron chi connectivity index (χ0n) is 9.90. The fourth-order valence-corrected chi connectivity index (χ4v) is 2.85. The van der Waals surface area contributed by atoms with Gasteiger partial charge in [-0.05, 0) is 36.4 Å².